The second kappa shape index (κ2) is 10.1. The van der Waals surface area contributed by atoms with Crippen molar-refractivity contribution in [1.82, 2.24) is 14.5 Å². The van der Waals surface area contributed by atoms with E-state index in [1.165, 1.54) is 29.9 Å². The summed E-state index contributed by atoms with van der Waals surface area (Å²) in [6, 6.07) is 9.60. The first kappa shape index (κ1) is 25.2. The lowest BCUT2D eigenvalue weighted by Gasteiger charge is -2.33. The van der Waals surface area contributed by atoms with Gasteiger partial charge in [-0.15, -0.1) is 0 Å². The van der Waals surface area contributed by atoms with Gasteiger partial charge in [-0.05, 0) is 55.2 Å². The van der Waals surface area contributed by atoms with E-state index in [-0.39, 0.29) is 23.1 Å². The number of amides is 1. The topological polar surface area (TPSA) is 93.7 Å². The van der Waals surface area contributed by atoms with Crippen LogP contribution in [0.25, 0.3) is 22.3 Å². The highest BCUT2D eigenvalue weighted by molar-refractivity contribution is 5.85. The Bertz CT molecular complexity index is 1380. The molecule has 3 aliphatic heterocycles. The van der Waals surface area contributed by atoms with Crippen LogP contribution in [0.1, 0.15) is 39.2 Å². The maximum atomic E-state index is 14.2. The Morgan fingerprint density at radius 1 is 1.16 bits per heavy atom. The predicted octanol–water partition coefficient (Wildman–Crippen LogP) is 3.57. The lowest BCUT2D eigenvalue weighted by molar-refractivity contribution is -0.122. The van der Waals surface area contributed by atoms with Gasteiger partial charge in [0.25, 0.3) is 5.56 Å². The second-order valence-electron chi connectivity index (χ2n) is 10.2. The third-order valence-corrected chi connectivity index (χ3v) is 8.03. The first-order valence-corrected chi connectivity index (χ1v) is 13.0. The predicted molar refractivity (Wildman–Crippen MR) is 142 cm³/mol. The highest BCUT2D eigenvalue weighted by atomic mass is 19.1. The average Bonchev–Trinajstić information content (AvgIpc) is 3.24. The number of hydrogen-bond acceptors (Lipinski definition) is 6. The monoisotopic (exact) mass is 507 g/mol. The Balaban J connectivity index is 1.72. The van der Waals surface area contributed by atoms with Crippen molar-refractivity contribution in [2.45, 2.75) is 45.2 Å². The minimum atomic E-state index is -0.911. The third-order valence-electron chi connectivity index (χ3n) is 8.03. The van der Waals surface area contributed by atoms with Crippen LogP contribution in [0.3, 0.4) is 0 Å². The van der Waals surface area contributed by atoms with Crippen LogP contribution < -0.4 is 20.9 Å². The number of halogens is 1. The summed E-state index contributed by atoms with van der Waals surface area (Å²) in [5.41, 5.74) is 7.50. The summed E-state index contributed by atoms with van der Waals surface area (Å²) in [6.45, 7) is 7.94. The van der Waals surface area contributed by atoms with E-state index in [1.54, 1.807) is 0 Å². The number of benzene rings is 2. The molecule has 2 aromatic carbocycles. The summed E-state index contributed by atoms with van der Waals surface area (Å²) in [6.07, 6.45) is 2.84. The third kappa shape index (κ3) is 4.56. The van der Waals surface area contributed by atoms with E-state index in [4.69, 9.17) is 15.5 Å². The van der Waals surface area contributed by atoms with Gasteiger partial charge < -0.3 is 20.3 Å². The van der Waals surface area contributed by atoms with Gasteiger partial charge in [0.05, 0.1) is 18.0 Å². The number of rotatable bonds is 7. The molecule has 0 aliphatic carbocycles. The number of aromatic nitrogens is 2. The number of anilines is 1. The van der Waals surface area contributed by atoms with Crippen LogP contribution in [-0.4, -0.2) is 59.7 Å². The van der Waals surface area contributed by atoms with Gasteiger partial charge in [-0.1, -0.05) is 20.3 Å². The van der Waals surface area contributed by atoms with Gasteiger partial charge in [0, 0.05) is 43.5 Å². The Hall–Kier alpha value is -3.46. The molecule has 0 spiro atoms. The Kier molecular flexibility index (Phi) is 6.90. The van der Waals surface area contributed by atoms with E-state index < -0.39 is 17.8 Å². The zero-order valence-electron chi connectivity index (χ0n) is 21.6. The Morgan fingerprint density at radius 2 is 1.92 bits per heavy atom. The SMILES string of the molecule is CC[C@@H](C)C(C(N)=O)n1c(-c2ccc(F)c(OC)c2)nc2ccc(N3CCN4CCC3CC4)cc2c1=O. The number of carbonyl (C=O) groups is 1. The fourth-order valence-corrected chi connectivity index (χ4v) is 5.74. The number of methoxy groups -OCH3 is 1. The zero-order chi connectivity index (χ0) is 26.3. The number of fused-ring (bicyclic) bond motifs is 5. The van der Waals surface area contributed by atoms with Crippen LogP contribution in [0.15, 0.2) is 41.2 Å². The van der Waals surface area contributed by atoms with E-state index in [2.05, 4.69) is 9.80 Å². The second-order valence-corrected chi connectivity index (χ2v) is 10.2. The zero-order valence-corrected chi connectivity index (χ0v) is 21.6. The largest absolute Gasteiger partial charge is 0.494 e. The smallest absolute Gasteiger partial charge is 0.262 e. The molecule has 3 fully saturated rings. The van der Waals surface area contributed by atoms with Crippen molar-refractivity contribution in [3.05, 3.63) is 52.6 Å². The molecule has 3 aromatic rings. The van der Waals surface area contributed by atoms with Gasteiger partial charge in [0.15, 0.2) is 11.6 Å². The van der Waals surface area contributed by atoms with Gasteiger partial charge in [-0.3, -0.25) is 14.2 Å². The summed E-state index contributed by atoms with van der Waals surface area (Å²) in [4.78, 5) is 36.6. The molecule has 8 nitrogen and oxygen atoms in total. The standard InChI is InChI=1S/C28H34FN5O3/c1-4-17(2)25(26(30)35)34-27(18-5-7-22(29)24(15-18)37-3)31-23-8-6-20(16-21(23)28(34)36)33-14-13-32-11-9-19(33)10-12-32/h5-8,15-17,19,25H,4,9-14H2,1-3H3,(H2,30,35)/t17-,25?/m1/s1. The first-order chi connectivity index (χ1) is 17.8. The van der Waals surface area contributed by atoms with E-state index in [0.29, 0.717) is 28.9 Å². The quantitative estimate of drug-likeness (QED) is 0.526. The summed E-state index contributed by atoms with van der Waals surface area (Å²) in [5.74, 6) is -1.06. The first-order valence-electron chi connectivity index (χ1n) is 13.0. The van der Waals surface area contributed by atoms with Crippen molar-refractivity contribution in [2.24, 2.45) is 11.7 Å². The highest BCUT2D eigenvalue weighted by Gasteiger charge is 2.31. The fraction of sp³-hybridized carbons (Fsp3) is 0.464. The minimum Gasteiger partial charge on any atom is -0.494 e. The van der Waals surface area contributed by atoms with E-state index in [0.717, 1.165) is 44.7 Å². The molecule has 6 rings (SSSR count). The van der Waals surface area contributed by atoms with Crippen LogP contribution in [0.2, 0.25) is 0 Å². The van der Waals surface area contributed by atoms with Crippen molar-refractivity contribution in [2.75, 3.05) is 38.2 Å². The Morgan fingerprint density at radius 3 is 2.59 bits per heavy atom. The molecule has 4 heterocycles. The molecule has 2 N–H and O–H groups in total. The van der Waals surface area contributed by atoms with Gasteiger partial charge in [0.2, 0.25) is 5.91 Å². The molecule has 1 unspecified atom stereocenters. The van der Waals surface area contributed by atoms with Crippen LogP contribution in [0, 0.1) is 11.7 Å². The van der Waals surface area contributed by atoms with Crippen molar-refractivity contribution in [3.8, 4) is 17.1 Å². The van der Waals surface area contributed by atoms with Gasteiger partial charge in [-0.2, -0.15) is 0 Å². The molecule has 0 radical (unpaired) electrons. The molecule has 196 valence electrons. The van der Waals surface area contributed by atoms with Crippen LogP contribution in [0.4, 0.5) is 10.1 Å². The maximum Gasteiger partial charge on any atom is 0.262 e. The van der Waals surface area contributed by atoms with E-state index in [9.17, 15) is 14.0 Å². The molecule has 3 aliphatic rings. The van der Waals surface area contributed by atoms with Crippen molar-refractivity contribution in [3.63, 3.8) is 0 Å². The highest BCUT2D eigenvalue weighted by Crippen LogP contribution is 2.32. The van der Waals surface area contributed by atoms with Crippen LogP contribution >= 0.6 is 0 Å². The summed E-state index contributed by atoms with van der Waals surface area (Å²) < 4.78 is 20.8. The summed E-state index contributed by atoms with van der Waals surface area (Å²) >= 11 is 0. The number of ether oxygens (including phenoxy) is 1. The molecule has 37 heavy (non-hydrogen) atoms. The number of nitrogens with two attached hydrogens (primary N) is 1. The molecule has 0 saturated carbocycles. The number of carbonyl (C=O) groups excluding carboxylic acids is 1. The summed E-state index contributed by atoms with van der Waals surface area (Å²) in [7, 11) is 1.38. The van der Waals surface area contributed by atoms with Crippen LogP contribution in [-0.2, 0) is 4.79 Å². The molecular weight excluding hydrogens is 473 g/mol. The average molecular weight is 508 g/mol. The number of nitrogens with zero attached hydrogens (tertiary/aromatic N) is 4. The molecule has 2 bridgehead atoms. The number of primary amides is 1. The fourth-order valence-electron chi connectivity index (χ4n) is 5.74. The molecule has 2 atom stereocenters. The van der Waals surface area contributed by atoms with Gasteiger partial charge in [-0.25, -0.2) is 9.37 Å². The molecule has 1 aromatic heterocycles. The van der Waals surface area contributed by atoms with Crippen molar-refractivity contribution in [1.29, 1.82) is 0 Å². The molecule has 9 heteroatoms. The lowest BCUT2D eigenvalue weighted by Crippen LogP contribution is -2.39. The van der Waals surface area contributed by atoms with Crippen LogP contribution in [0.5, 0.6) is 5.75 Å². The maximum absolute atomic E-state index is 14.2. The normalized spacial score (nSPS) is 21.0. The Labute approximate surface area is 215 Å². The number of piperidine rings is 1. The van der Waals surface area contributed by atoms with E-state index >= 15 is 0 Å². The van der Waals surface area contributed by atoms with Gasteiger partial charge >= 0.3 is 0 Å². The summed E-state index contributed by atoms with van der Waals surface area (Å²) in [5, 5.41) is 0.434. The molecular formula is C28H34FN5O3. The van der Waals surface area contributed by atoms with Gasteiger partial charge in [0.1, 0.15) is 11.9 Å². The molecule has 3 saturated heterocycles. The number of hydrogen-bond donors (Lipinski definition) is 1. The van der Waals surface area contributed by atoms with Crippen molar-refractivity contribution < 1.29 is 13.9 Å². The lowest BCUT2D eigenvalue weighted by atomic mass is 9.97. The minimum absolute atomic E-state index is 0.0275. The van der Waals surface area contributed by atoms with Crippen molar-refractivity contribution >= 4 is 22.5 Å². The van der Waals surface area contributed by atoms with E-state index in [1.807, 2.05) is 32.0 Å². The molecule has 1 amide bonds.